The highest BCUT2D eigenvalue weighted by molar-refractivity contribution is 7.15. The van der Waals surface area contributed by atoms with Gasteiger partial charge in [0.1, 0.15) is 22.2 Å². The summed E-state index contributed by atoms with van der Waals surface area (Å²) >= 11 is 1.66. The Hall–Kier alpha value is -2.08. The largest absolute Gasteiger partial charge is 0.242 e. The third kappa shape index (κ3) is 2.57. The van der Waals surface area contributed by atoms with Gasteiger partial charge in [-0.2, -0.15) is 5.10 Å². The lowest BCUT2D eigenvalue weighted by Crippen LogP contribution is -2.07. The van der Waals surface area contributed by atoms with E-state index in [4.69, 9.17) is 5.10 Å². The second-order valence-corrected chi connectivity index (χ2v) is 9.67. The van der Waals surface area contributed by atoms with Crippen molar-refractivity contribution in [3.63, 3.8) is 0 Å². The third-order valence-electron chi connectivity index (χ3n) is 5.77. The first-order chi connectivity index (χ1) is 12.8. The fraction of sp³-hybridized carbons (Fsp3) is 0.429. The smallest absolute Gasteiger partial charge is 0.151 e. The minimum Gasteiger partial charge on any atom is -0.242 e. The van der Waals surface area contributed by atoms with Crippen molar-refractivity contribution in [2.75, 3.05) is 0 Å². The Bertz CT molecular complexity index is 1040. The molecule has 0 N–H and O–H groups in total. The van der Waals surface area contributed by atoms with Crippen molar-refractivity contribution in [1.82, 2.24) is 14.8 Å². The SMILES string of the molecule is CC(C)(C)c1cnc(-c2nn(-c3ccc(F)cc3F)c3c2[C@H]2CC[C@H]3C2)s1. The normalized spacial score (nSPS) is 21.1. The van der Waals surface area contributed by atoms with Crippen LogP contribution in [0.4, 0.5) is 8.78 Å². The topological polar surface area (TPSA) is 30.7 Å². The Balaban J connectivity index is 1.70. The molecule has 1 aromatic carbocycles. The monoisotopic (exact) mass is 385 g/mol. The molecule has 5 rings (SSSR count). The highest BCUT2D eigenvalue weighted by Gasteiger charge is 2.43. The Morgan fingerprint density at radius 1 is 1.15 bits per heavy atom. The van der Waals surface area contributed by atoms with E-state index in [-0.39, 0.29) is 5.41 Å². The van der Waals surface area contributed by atoms with E-state index in [2.05, 4.69) is 25.8 Å². The molecule has 140 valence electrons. The maximum atomic E-state index is 14.5. The minimum atomic E-state index is -0.579. The van der Waals surface area contributed by atoms with E-state index < -0.39 is 11.6 Å². The van der Waals surface area contributed by atoms with Gasteiger partial charge in [0.25, 0.3) is 0 Å². The molecule has 1 saturated carbocycles. The fourth-order valence-corrected chi connectivity index (χ4v) is 5.43. The first kappa shape index (κ1) is 17.0. The third-order valence-corrected chi connectivity index (χ3v) is 7.20. The summed E-state index contributed by atoms with van der Waals surface area (Å²) < 4.78 is 29.6. The van der Waals surface area contributed by atoms with Crippen LogP contribution in [0.25, 0.3) is 16.4 Å². The van der Waals surface area contributed by atoms with Crippen LogP contribution in [0.1, 0.15) is 68.0 Å². The minimum absolute atomic E-state index is 0.0315. The average molecular weight is 385 g/mol. The highest BCUT2D eigenvalue weighted by Crippen LogP contribution is 2.56. The van der Waals surface area contributed by atoms with Crippen molar-refractivity contribution in [2.24, 2.45) is 0 Å². The second-order valence-electron chi connectivity index (χ2n) is 8.64. The fourth-order valence-electron chi connectivity index (χ4n) is 4.46. The number of hydrogen-bond donors (Lipinski definition) is 0. The molecule has 0 amide bonds. The molecular formula is C21H21F2N3S. The number of aromatic nitrogens is 3. The Kier molecular flexibility index (Phi) is 3.60. The molecule has 3 nitrogen and oxygen atoms in total. The maximum Gasteiger partial charge on any atom is 0.151 e. The molecule has 2 aliphatic carbocycles. The first-order valence-corrected chi connectivity index (χ1v) is 10.2. The molecule has 27 heavy (non-hydrogen) atoms. The molecule has 2 heterocycles. The van der Waals surface area contributed by atoms with E-state index in [1.165, 1.54) is 22.6 Å². The summed E-state index contributed by atoms with van der Waals surface area (Å²) in [6, 6.07) is 3.70. The van der Waals surface area contributed by atoms with Gasteiger partial charge in [-0.25, -0.2) is 18.4 Å². The number of benzene rings is 1. The number of halogens is 2. The van der Waals surface area contributed by atoms with Crippen LogP contribution in [-0.4, -0.2) is 14.8 Å². The molecular weight excluding hydrogens is 364 g/mol. The van der Waals surface area contributed by atoms with E-state index in [0.29, 0.717) is 17.5 Å². The molecule has 2 aromatic heterocycles. The van der Waals surface area contributed by atoms with E-state index in [1.807, 2.05) is 6.20 Å². The quantitative estimate of drug-likeness (QED) is 0.547. The molecule has 2 atom stereocenters. The van der Waals surface area contributed by atoms with E-state index in [1.54, 1.807) is 16.0 Å². The summed E-state index contributed by atoms with van der Waals surface area (Å²) in [5.74, 6) is -0.280. The molecule has 0 radical (unpaired) electrons. The molecule has 2 bridgehead atoms. The van der Waals surface area contributed by atoms with Gasteiger partial charge >= 0.3 is 0 Å². The molecule has 0 aliphatic heterocycles. The van der Waals surface area contributed by atoms with Gasteiger partial charge in [-0.15, -0.1) is 11.3 Å². The Morgan fingerprint density at radius 2 is 1.93 bits per heavy atom. The van der Waals surface area contributed by atoms with Gasteiger partial charge in [-0.1, -0.05) is 20.8 Å². The van der Waals surface area contributed by atoms with Crippen molar-refractivity contribution in [1.29, 1.82) is 0 Å². The van der Waals surface area contributed by atoms with Crippen LogP contribution in [0.5, 0.6) is 0 Å². The van der Waals surface area contributed by atoms with Gasteiger partial charge in [-0.3, -0.25) is 0 Å². The summed E-state index contributed by atoms with van der Waals surface area (Å²) in [5.41, 5.74) is 3.55. The lowest BCUT2D eigenvalue weighted by atomic mass is 9.95. The first-order valence-electron chi connectivity index (χ1n) is 9.38. The van der Waals surface area contributed by atoms with Crippen molar-refractivity contribution >= 4 is 11.3 Å². The lowest BCUT2D eigenvalue weighted by Gasteiger charge is -2.14. The lowest BCUT2D eigenvalue weighted by molar-refractivity contribution is 0.567. The summed E-state index contributed by atoms with van der Waals surface area (Å²) in [5, 5.41) is 5.69. The van der Waals surface area contributed by atoms with Crippen molar-refractivity contribution in [3.05, 3.63) is 52.2 Å². The van der Waals surface area contributed by atoms with Crippen molar-refractivity contribution < 1.29 is 8.78 Å². The Labute approximate surface area is 161 Å². The number of hydrogen-bond acceptors (Lipinski definition) is 3. The number of nitrogens with zero attached hydrogens (tertiary/aromatic N) is 3. The zero-order chi connectivity index (χ0) is 18.9. The second kappa shape index (κ2) is 5.71. The molecule has 6 heteroatoms. The van der Waals surface area contributed by atoms with E-state index in [9.17, 15) is 8.78 Å². The van der Waals surface area contributed by atoms with Gasteiger partial charge < -0.3 is 0 Å². The predicted octanol–water partition coefficient (Wildman–Crippen LogP) is 5.94. The van der Waals surface area contributed by atoms with Crippen LogP contribution >= 0.6 is 11.3 Å². The van der Waals surface area contributed by atoms with Crippen LogP contribution < -0.4 is 0 Å². The zero-order valence-electron chi connectivity index (χ0n) is 15.6. The van der Waals surface area contributed by atoms with E-state index in [0.717, 1.165) is 41.7 Å². The van der Waals surface area contributed by atoms with Crippen LogP contribution in [0.3, 0.4) is 0 Å². The highest BCUT2D eigenvalue weighted by atomic mass is 32.1. The number of fused-ring (bicyclic) bond motifs is 5. The summed E-state index contributed by atoms with van der Waals surface area (Å²) in [6.45, 7) is 6.51. The van der Waals surface area contributed by atoms with Crippen LogP contribution in [-0.2, 0) is 5.41 Å². The average Bonchev–Trinajstić information content (AvgIpc) is 3.35. The van der Waals surface area contributed by atoms with Gasteiger partial charge in [-0.05, 0) is 42.7 Å². The van der Waals surface area contributed by atoms with Crippen molar-refractivity contribution in [3.8, 4) is 16.4 Å². The summed E-state index contributed by atoms with van der Waals surface area (Å²) in [7, 11) is 0. The maximum absolute atomic E-state index is 14.5. The summed E-state index contributed by atoms with van der Waals surface area (Å²) in [4.78, 5) is 5.85. The van der Waals surface area contributed by atoms with E-state index >= 15 is 0 Å². The van der Waals surface area contributed by atoms with Gasteiger partial charge in [0.05, 0.1) is 5.69 Å². The van der Waals surface area contributed by atoms with Crippen LogP contribution in [0, 0.1) is 11.6 Å². The number of thiazole rings is 1. The summed E-state index contributed by atoms with van der Waals surface area (Å²) in [6.07, 6.45) is 5.29. The standard InChI is InChI=1S/C21H21F2N3S/c1-21(2,3)16-10-24-20(27-16)18-17-11-4-5-12(8-11)19(17)26(25-18)15-7-6-13(22)9-14(15)23/h6-7,9-12H,4-5,8H2,1-3H3/t11-,12-/m0/s1. The molecule has 3 aromatic rings. The Morgan fingerprint density at radius 3 is 2.63 bits per heavy atom. The van der Waals surface area contributed by atoms with Gasteiger partial charge in [0.2, 0.25) is 0 Å². The molecule has 2 aliphatic rings. The molecule has 1 fully saturated rings. The van der Waals surface area contributed by atoms with Crippen LogP contribution in [0.15, 0.2) is 24.4 Å². The van der Waals surface area contributed by atoms with Gasteiger partial charge in [0, 0.05) is 28.6 Å². The number of rotatable bonds is 2. The molecule has 0 saturated heterocycles. The molecule has 0 unspecified atom stereocenters. The van der Waals surface area contributed by atoms with Gasteiger partial charge in [0.15, 0.2) is 5.82 Å². The molecule has 0 spiro atoms. The predicted molar refractivity (Wildman–Crippen MR) is 103 cm³/mol. The van der Waals surface area contributed by atoms with Crippen molar-refractivity contribution in [2.45, 2.75) is 57.3 Å². The van der Waals surface area contributed by atoms with Crippen LogP contribution in [0.2, 0.25) is 0 Å². The zero-order valence-corrected chi connectivity index (χ0v) is 16.4.